The van der Waals surface area contributed by atoms with Gasteiger partial charge >= 0.3 is 0 Å². The second-order valence-electron chi connectivity index (χ2n) is 7.12. The Morgan fingerprint density at radius 2 is 1.81 bits per heavy atom. The van der Waals surface area contributed by atoms with E-state index in [1.807, 2.05) is 69.4 Å². The molecule has 1 aromatic heterocycles. The third-order valence-corrected chi connectivity index (χ3v) is 4.43. The summed E-state index contributed by atoms with van der Waals surface area (Å²) >= 11 is 0. The summed E-state index contributed by atoms with van der Waals surface area (Å²) in [5.41, 5.74) is 3.57. The Hall–Kier alpha value is -3.08. The predicted octanol–water partition coefficient (Wildman–Crippen LogP) is 3.34. The molecule has 0 aliphatic carbocycles. The van der Waals surface area contributed by atoms with Gasteiger partial charge in [0.25, 0.3) is 5.91 Å². The SMILES string of the molecule is Cc1cccc(C(=O)N[C@@H](Cc2c[nH]c3ccccc23)C(=O)NC(C)C)c1. The zero-order valence-electron chi connectivity index (χ0n) is 15.9. The number of amides is 2. The number of aromatic amines is 1. The van der Waals surface area contributed by atoms with Crippen LogP contribution < -0.4 is 10.6 Å². The summed E-state index contributed by atoms with van der Waals surface area (Å²) in [7, 11) is 0. The van der Waals surface area contributed by atoms with Crippen LogP contribution in [0.4, 0.5) is 0 Å². The number of aromatic nitrogens is 1. The molecule has 0 spiro atoms. The van der Waals surface area contributed by atoms with Crippen LogP contribution in [0.15, 0.2) is 54.7 Å². The highest BCUT2D eigenvalue weighted by atomic mass is 16.2. The van der Waals surface area contributed by atoms with Gasteiger partial charge in [-0.1, -0.05) is 35.9 Å². The number of rotatable bonds is 6. The Labute approximate surface area is 159 Å². The van der Waals surface area contributed by atoms with Gasteiger partial charge in [0.2, 0.25) is 5.91 Å². The minimum Gasteiger partial charge on any atom is -0.361 e. The number of nitrogens with one attached hydrogen (secondary N) is 3. The molecule has 3 aromatic rings. The lowest BCUT2D eigenvalue weighted by atomic mass is 10.0. The zero-order chi connectivity index (χ0) is 19.4. The van der Waals surface area contributed by atoms with Crippen molar-refractivity contribution in [3.63, 3.8) is 0 Å². The zero-order valence-corrected chi connectivity index (χ0v) is 15.9. The Morgan fingerprint density at radius 1 is 1.04 bits per heavy atom. The summed E-state index contributed by atoms with van der Waals surface area (Å²) in [6.07, 6.45) is 2.32. The number of para-hydroxylation sites is 1. The van der Waals surface area contributed by atoms with E-state index in [-0.39, 0.29) is 17.9 Å². The number of carbonyl (C=O) groups excluding carboxylic acids is 2. The molecule has 1 heterocycles. The van der Waals surface area contributed by atoms with Crippen LogP contribution in [-0.2, 0) is 11.2 Å². The number of fused-ring (bicyclic) bond motifs is 1. The molecular weight excluding hydrogens is 338 g/mol. The van der Waals surface area contributed by atoms with E-state index in [2.05, 4.69) is 15.6 Å². The smallest absolute Gasteiger partial charge is 0.251 e. The largest absolute Gasteiger partial charge is 0.361 e. The Kier molecular flexibility index (Phi) is 5.60. The third-order valence-electron chi connectivity index (χ3n) is 4.43. The lowest BCUT2D eigenvalue weighted by Crippen LogP contribution is -2.49. The van der Waals surface area contributed by atoms with Crippen LogP contribution in [0.25, 0.3) is 10.9 Å². The number of H-pyrrole nitrogens is 1. The molecule has 0 fully saturated rings. The van der Waals surface area contributed by atoms with Crippen molar-refractivity contribution < 1.29 is 9.59 Å². The van der Waals surface area contributed by atoms with E-state index in [1.165, 1.54) is 0 Å². The molecule has 3 rings (SSSR count). The van der Waals surface area contributed by atoms with E-state index >= 15 is 0 Å². The van der Waals surface area contributed by atoms with Gasteiger partial charge in [0, 0.05) is 35.1 Å². The minimum absolute atomic E-state index is 0.00107. The lowest BCUT2D eigenvalue weighted by Gasteiger charge is -2.20. The molecule has 5 nitrogen and oxygen atoms in total. The molecule has 0 bridgehead atoms. The maximum absolute atomic E-state index is 12.7. The average Bonchev–Trinajstić information content (AvgIpc) is 3.03. The Balaban J connectivity index is 1.84. The predicted molar refractivity (Wildman–Crippen MR) is 108 cm³/mol. The molecule has 1 atom stereocenters. The van der Waals surface area contributed by atoms with Crippen molar-refractivity contribution in [2.75, 3.05) is 0 Å². The number of benzene rings is 2. The van der Waals surface area contributed by atoms with Crippen LogP contribution in [0.2, 0.25) is 0 Å². The van der Waals surface area contributed by atoms with E-state index in [0.717, 1.165) is 22.0 Å². The Morgan fingerprint density at radius 3 is 2.56 bits per heavy atom. The fourth-order valence-corrected chi connectivity index (χ4v) is 3.14. The first-order valence-corrected chi connectivity index (χ1v) is 9.17. The second kappa shape index (κ2) is 8.08. The average molecular weight is 363 g/mol. The molecular formula is C22H25N3O2. The molecule has 0 aliphatic heterocycles. The molecule has 0 unspecified atom stereocenters. The molecule has 2 amide bonds. The molecule has 140 valence electrons. The van der Waals surface area contributed by atoms with Crippen molar-refractivity contribution in [1.29, 1.82) is 0 Å². The van der Waals surface area contributed by atoms with Gasteiger partial charge in [0.05, 0.1) is 0 Å². The topological polar surface area (TPSA) is 74.0 Å². The summed E-state index contributed by atoms with van der Waals surface area (Å²) in [4.78, 5) is 28.6. The molecule has 0 saturated carbocycles. The van der Waals surface area contributed by atoms with Crippen LogP contribution in [-0.4, -0.2) is 28.9 Å². The lowest BCUT2D eigenvalue weighted by molar-refractivity contribution is -0.123. The first kappa shape index (κ1) is 18.7. The van der Waals surface area contributed by atoms with Crippen LogP contribution in [0, 0.1) is 6.92 Å². The summed E-state index contributed by atoms with van der Waals surface area (Å²) in [5, 5.41) is 6.87. The van der Waals surface area contributed by atoms with Gasteiger partial charge in [-0.15, -0.1) is 0 Å². The molecule has 27 heavy (non-hydrogen) atoms. The van der Waals surface area contributed by atoms with Gasteiger partial charge < -0.3 is 15.6 Å². The first-order chi connectivity index (χ1) is 12.9. The van der Waals surface area contributed by atoms with Crippen molar-refractivity contribution in [3.8, 4) is 0 Å². The number of carbonyl (C=O) groups is 2. The van der Waals surface area contributed by atoms with Crippen LogP contribution >= 0.6 is 0 Å². The van der Waals surface area contributed by atoms with Gasteiger partial charge in [0.1, 0.15) is 6.04 Å². The summed E-state index contributed by atoms with van der Waals surface area (Å²) < 4.78 is 0. The van der Waals surface area contributed by atoms with Gasteiger partial charge in [0.15, 0.2) is 0 Å². The Bertz CT molecular complexity index is 959. The van der Waals surface area contributed by atoms with E-state index < -0.39 is 6.04 Å². The quantitative estimate of drug-likeness (QED) is 0.628. The fourth-order valence-electron chi connectivity index (χ4n) is 3.14. The molecule has 0 radical (unpaired) electrons. The molecule has 5 heteroatoms. The van der Waals surface area contributed by atoms with Crippen molar-refractivity contribution >= 4 is 22.7 Å². The highest BCUT2D eigenvalue weighted by Gasteiger charge is 2.23. The molecule has 0 aliphatic rings. The van der Waals surface area contributed by atoms with Crippen molar-refractivity contribution in [2.45, 2.75) is 39.3 Å². The maximum atomic E-state index is 12.7. The number of hydrogen-bond donors (Lipinski definition) is 3. The molecule has 3 N–H and O–H groups in total. The maximum Gasteiger partial charge on any atom is 0.251 e. The number of aryl methyl sites for hydroxylation is 1. The van der Waals surface area contributed by atoms with Crippen molar-refractivity contribution in [1.82, 2.24) is 15.6 Å². The van der Waals surface area contributed by atoms with Gasteiger partial charge in [-0.25, -0.2) is 0 Å². The molecule has 2 aromatic carbocycles. The monoisotopic (exact) mass is 363 g/mol. The third kappa shape index (κ3) is 4.56. The van der Waals surface area contributed by atoms with Crippen molar-refractivity contribution in [3.05, 3.63) is 71.4 Å². The van der Waals surface area contributed by atoms with Crippen LogP contribution in [0.5, 0.6) is 0 Å². The fraction of sp³-hybridized carbons (Fsp3) is 0.273. The summed E-state index contributed by atoms with van der Waals surface area (Å²) in [5.74, 6) is -0.432. The standard InChI is InChI=1S/C22H25N3O2/c1-14(2)24-22(27)20(25-21(26)16-8-6-7-15(3)11-16)12-17-13-23-19-10-5-4-9-18(17)19/h4-11,13-14,20,23H,12H2,1-3H3,(H,24,27)(H,25,26)/t20-/m0/s1. The first-order valence-electron chi connectivity index (χ1n) is 9.17. The van der Waals surface area contributed by atoms with Crippen LogP contribution in [0.3, 0.4) is 0 Å². The normalized spacial score (nSPS) is 12.1. The summed E-state index contributed by atoms with van der Waals surface area (Å²) in [6, 6.07) is 14.6. The minimum atomic E-state index is -0.653. The van der Waals surface area contributed by atoms with E-state index in [0.29, 0.717) is 12.0 Å². The highest BCUT2D eigenvalue weighted by Crippen LogP contribution is 2.19. The van der Waals surface area contributed by atoms with Gasteiger partial charge in [-0.3, -0.25) is 9.59 Å². The van der Waals surface area contributed by atoms with E-state index in [9.17, 15) is 9.59 Å². The number of hydrogen-bond acceptors (Lipinski definition) is 2. The van der Waals surface area contributed by atoms with Crippen LogP contribution in [0.1, 0.15) is 35.3 Å². The van der Waals surface area contributed by atoms with Gasteiger partial charge in [-0.2, -0.15) is 0 Å². The summed E-state index contributed by atoms with van der Waals surface area (Å²) in [6.45, 7) is 5.75. The molecule has 0 saturated heterocycles. The van der Waals surface area contributed by atoms with Gasteiger partial charge in [-0.05, 0) is 44.5 Å². The van der Waals surface area contributed by atoms with E-state index in [4.69, 9.17) is 0 Å². The highest BCUT2D eigenvalue weighted by molar-refractivity contribution is 5.98. The second-order valence-corrected chi connectivity index (χ2v) is 7.12. The van der Waals surface area contributed by atoms with Crippen molar-refractivity contribution in [2.24, 2.45) is 0 Å². The van der Waals surface area contributed by atoms with E-state index in [1.54, 1.807) is 6.07 Å².